The molecule has 0 radical (unpaired) electrons. The van der Waals surface area contributed by atoms with Gasteiger partial charge in [0.2, 0.25) is 5.88 Å². The molecule has 0 amide bonds. The molecule has 0 saturated carbocycles. The van der Waals surface area contributed by atoms with Crippen LogP contribution >= 0.6 is 0 Å². The molecule has 0 bridgehead atoms. The number of nitrogens with zero attached hydrogens (tertiary/aromatic N) is 1. The van der Waals surface area contributed by atoms with Crippen LogP contribution in [0.25, 0.3) is 0 Å². The summed E-state index contributed by atoms with van der Waals surface area (Å²) >= 11 is 0. The van der Waals surface area contributed by atoms with Crippen LogP contribution in [0.5, 0.6) is 5.88 Å². The molecular weight excluding hydrogens is 174 g/mol. The zero-order valence-electron chi connectivity index (χ0n) is 9.29. The molecule has 0 fully saturated rings. The summed E-state index contributed by atoms with van der Waals surface area (Å²) in [6.07, 6.45) is 4.26. The van der Waals surface area contributed by atoms with Crippen LogP contribution in [-0.4, -0.2) is 11.6 Å². The maximum absolute atomic E-state index is 5.36. The van der Waals surface area contributed by atoms with Gasteiger partial charge in [0.15, 0.2) is 0 Å². The van der Waals surface area contributed by atoms with Gasteiger partial charge in [0.25, 0.3) is 0 Å². The third-order valence-corrected chi connectivity index (χ3v) is 2.34. The molecule has 0 saturated heterocycles. The predicted octanol–water partition coefficient (Wildman–Crippen LogP) is 3.38. The Labute approximate surface area is 86.3 Å². The van der Waals surface area contributed by atoms with Gasteiger partial charge in [0.05, 0.1) is 6.61 Å². The molecule has 1 atom stereocenters. The van der Waals surface area contributed by atoms with Crippen molar-refractivity contribution < 1.29 is 4.74 Å². The van der Waals surface area contributed by atoms with Gasteiger partial charge in [0, 0.05) is 12.3 Å². The number of aromatic nitrogens is 1. The van der Waals surface area contributed by atoms with Crippen LogP contribution in [0.4, 0.5) is 0 Å². The van der Waals surface area contributed by atoms with E-state index in [4.69, 9.17) is 4.74 Å². The molecule has 1 aromatic heterocycles. The van der Waals surface area contributed by atoms with Crippen molar-refractivity contribution in [2.45, 2.75) is 39.5 Å². The molecular formula is C12H19NO. The van der Waals surface area contributed by atoms with Gasteiger partial charge in [-0.2, -0.15) is 0 Å². The Morgan fingerprint density at radius 3 is 2.86 bits per heavy atom. The minimum Gasteiger partial charge on any atom is -0.478 e. The van der Waals surface area contributed by atoms with Crippen molar-refractivity contribution in [3.63, 3.8) is 0 Å². The van der Waals surface area contributed by atoms with E-state index in [-0.39, 0.29) is 0 Å². The summed E-state index contributed by atoms with van der Waals surface area (Å²) in [5.41, 5.74) is 1.32. The Morgan fingerprint density at radius 1 is 1.43 bits per heavy atom. The Hall–Kier alpha value is -1.05. The Bertz CT molecular complexity index is 273. The quantitative estimate of drug-likeness (QED) is 0.715. The predicted molar refractivity (Wildman–Crippen MR) is 58.7 cm³/mol. The van der Waals surface area contributed by atoms with Gasteiger partial charge in [-0.1, -0.05) is 20.3 Å². The lowest BCUT2D eigenvalue weighted by atomic mass is 9.98. The fourth-order valence-corrected chi connectivity index (χ4v) is 1.56. The third-order valence-electron chi connectivity index (χ3n) is 2.34. The largest absolute Gasteiger partial charge is 0.478 e. The highest BCUT2D eigenvalue weighted by Crippen LogP contribution is 2.22. The number of pyridine rings is 1. The van der Waals surface area contributed by atoms with Crippen LogP contribution in [0.2, 0.25) is 0 Å². The van der Waals surface area contributed by atoms with Crippen molar-refractivity contribution in [3.05, 3.63) is 23.9 Å². The molecule has 2 nitrogen and oxygen atoms in total. The second-order valence-corrected chi connectivity index (χ2v) is 3.55. The normalized spacial score (nSPS) is 12.5. The van der Waals surface area contributed by atoms with E-state index in [2.05, 4.69) is 24.9 Å². The lowest BCUT2D eigenvalue weighted by Crippen LogP contribution is -1.98. The molecule has 0 spiro atoms. The van der Waals surface area contributed by atoms with Gasteiger partial charge in [-0.05, 0) is 30.9 Å². The fraction of sp³-hybridized carbons (Fsp3) is 0.583. The molecule has 0 aliphatic carbocycles. The summed E-state index contributed by atoms with van der Waals surface area (Å²) in [5.74, 6) is 1.34. The molecule has 78 valence electrons. The summed E-state index contributed by atoms with van der Waals surface area (Å²) in [5, 5.41) is 0. The van der Waals surface area contributed by atoms with Crippen molar-refractivity contribution in [2.24, 2.45) is 0 Å². The lowest BCUT2D eigenvalue weighted by Gasteiger charge is -2.11. The van der Waals surface area contributed by atoms with Gasteiger partial charge >= 0.3 is 0 Å². The van der Waals surface area contributed by atoms with E-state index in [1.807, 2.05) is 19.2 Å². The van der Waals surface area contributed by atoms with Crippen molar-refractivity contribution in [3.8, 4) is 5.88 Å². The minimum atomic E-state index is 0.599. The Morgan fingerprint density at radius 2 is 2.21 bits per heavy atom. The lowest BCUT2D eigenvalue weighted by molar-refractivity contribution is 0.326. The Kier molecular flexibility index (Phi) is 4.44. The van der Waals surface area contributed by atoms with Crippen molar-refractivity contribution in [1.29, 1.82) is 0 Å². The molecule has 2 heteroatoms. The first-order valence-electron chi connectivity index (χ1n) is 5.36. The fourth-order valence-electron chi connectivity index (χ4n) is 1.56. The van der Waals surface area contributed by atoms with Crippen LogP contribution in [0.1, 0.15) is 45.1 Å². The van der Waals surface area contributed by atoms with Gasteiger partial charge in [-0.25, -0.2) is 4.98 Å². The summed E-state index contributed by atoms with van der Waals surface area (Å²) in [6, 6.07) is 4.12. The zero-order valence-corrected chi connectivity index (χ0v) is 9.29. The van der Waals surface area contributed by atoms with E-state index in [0.29, 0.717) is 12.5 Å². The summed E-state index contributed by atoms with van der Waals surface area (Å²) < 4.78 is 5.36. The van der Waals surface area contributed by atoms with E-state index in [0.717, 1.165) is 5.88 Å². The molecule has 0 aliphatic heterocycles. The van der Waals surface area contributed by atoms with Gasteiger partial charge in [-0.3, -0.25) is 0 Å². The average Bonchev–Trinajstić information content (AvgIpc) is 2.19. The van der Waals surface area contributed by atoms with Gasteiger partial charge in [-0.15, -0.1) is 0 Å². The molecule has 1 rings (SSSR count). The molecule has 1 aromatic rings. The minimum absolute atomic E-state index is 0.599. The van der Waals surface area contributed by atoms with Gasteiger partial charge in [0.1, 0.15) is 0 Å². The van der Waals surface area contributed by atoms with E-state index in [9.17, 15) is 0 Å². The topological polar surface area (TPSA) is 22.1 Å². The average molecular weight is 193 g/mol. The van der Waals surface area contributed by atoms with Crippen LogP contribution < -0.4 is 4.74 Å². The smallest absolute Gasteiger partial charge is 0.213 e. The monoisotopic (exact) mass is 193 g/mol. The SMILES string of the molecule is CCCC(C)c1ccnc(OCC)c1. The summed E-state index contributed by atoms with van der Waals surface area (Å²) in [7, 11) is 0. The van der Waals surface area contributed by atoms with E-state index in [1.54, 1.807) is 0 Å². The van der Waals surface area contributed by atoms with E-state index >= 15 is 0 Å². The van der Waals surface area contributed by atoms with Crippen LogP contribution in [0, 0.1) is 0 Å². The number of ether oxygens (including phenoxy) is 1. The standard InChI is InChI=1S/C12H19NO/c1-4-6-10(3)11-7-8-13-12(9-11)14-5-2/h7-10H,4-6H2,1-3H3. The maximum atomic E-state index is 5.36. The molecule has 0 aromatic carbocycles. The van der Waals surface area contributed by atoms with Crippen molar-refractivity contribution in [1.82, 2.24) is 4.98 Å². The number of hydrogen-bond acceptors (Lipinski definition) is 2. The third kappa shape index (κ3) is 3.02. The van der Waals surface area contributed by atoms with Crippen molar-refractivity contribution >= 4 is 0 Å². The van der Waals surface area contributed by atoms with Gasteiger partial charge < -0.3 is 4.74 Å². The van der Waals surface area contributed by atoms with Crippen LogP contribution in [0.3, 0.4) is 0 Å². The summed E-state index contributed by atoms with van der Waals surface area (Å²) in [4.78, 5) is 4.15. The second-order valence-electron chi connectivity index (χ2n) is 3.55. The van der Waals surface area contributed by atoms with E-state index < -0.39 is 0 Å². The number of hydrogen-bond donors (Lipinski definition) is 0. The summed E-state index contributed by atoms with van der Waals surface area (Å²) in [6.45, 7) is 7.11. The number of rotatable bonds is 5. The van der Waals surface area contributed by atoms with Crippen molar-refractivity contribution in [2.75, 3.05) is 6.61 Å². The van der Waals surface area contributed by atoms with E-state index in [1.165, 1.54) is 18.4 Å². The molecule has 0 aliphatic rings. The highest BCUT2D eigenvalue weighted by molar-refractivity contribution is 5.23. The molecule has 14 heavy (non-hydrogen) atoms. The first-order chi connectivity index (χ1) is 6.77. The first-order valence-corrected chi connectivity index (χ1v) is 5.36. The van der Waals surface area contributed by atoms with Crippen LogP contribution in [0.15, 0.2) is 18.3 Å². The van der Waals surface area contributed by atoms with Crippen LogP contribution in [-0.2, 0) is 0 Å². The highest BCUT2D eigenvalue weighted by Gasteiger charge is 2.05. The molecule has 1 heterocycles. The molecule has 0 N–H and O–H groups in total. The molecule has 1 unspecified atom stereocenters. The maximum Gasteiger partial charge on any atom is 0.213 e. The Balaban J connectivity index is 2.71. The zero-order chi connectivity index (χ0) is 10.4. The highest BCUT2D eigenvalue weighted by atomic mass is 16.5. The first kappa shape index (κ1) is 11.0. The second kappa shape index (κ2) is 5.63.